The predicted octanol–water partition coefficient (Wildman–Crippen LogP) is 5.44. The number of alkyl halides is 2. The normalized spacial score (nSPS) is 12.9. The van der Waals surface area contributed by atoms with Crippen molar-refractivity contribution in [2.24, 2.45) is 0 Å². The Bertz CT molecular complexity index is 1360. The second-order valence-electron chi connectivity index (χ2n) is 7.83. The summed E-state index contributed by atoms with van der Waals surface area (Å²) in [5.41, 5.74) is 0.450. The van der Waals surface area contributed by atoms with Gasteiger partial charge in [0, 0.05) is 5.39 Å². The summed E-state index contributed by atoms with van der Waals surface area (Å²) in [5, 5.41) is 0.910. The maximum absolute atomic E-state index is 13.7. The minimum atomic E-state index is -2.78. The third-order valence-corrected chi connectivity index (χ3v) is 5.80. The van der Waals surface area contributed by atoms with Gasteiger partial charge in [-0.2, -0.15) is 0 Å². The van der Waals surface area contributed by atoms with Crippen molar-refractivity contribution in [3.8, 4) is 11.5 Å². The standard InChI is InChI=1S/C26H22ClF2NO6/c1-3-34-18-7-5-6-15-12-19(36-13-20(28)29)23-24(22(15)18)26(33)30(25(23)32)17-9-8-14(10-16(17)27)11-21(31)35-4-2/h5-10,12,20H,3-4,11,13H2,1-2H3. The summed E-state index contributed by atoms with van der Waals surface area (Å²) >= 11 is 6.43. The summed E-state index contributed by atoms with van der Waals surface area (Å²) in [6.45, 7) is 3.05. The van der Waals surface area contributed by atoms with E-state index in [9.17, 15) is 23.2 Å². The number of amides is 2. The van der Waals surface area contributed by atoms with Gasteiger partial charge in [-0.15, -0.1) is 0 Å². The van der Waals surface area contributed by atoms with E-state index in [0.717, 1.165) is 4.90 Å². The molecule has 188 valence electrons. The molecule has 36 heavy (non-hydrogen) atoms. The Kier molecular flexibility index (Phi) is 7.40. The Balaban J connectivity index is 1.83. The fourth-order valence-electron chi connectivity index (χ4n) is 4.12. The van der Waals surface area contributed by atoms with E-state index in [1.165, 1.54) is 18.2 Å². The molecule has 0 fully saturated rings. The van der Waals surface area contributed by atoms with Gasteiger partial charge in [0.05, 0.1) is 41.5 Å². The van der Waals surface area contributed by atoms with E-state index < -0.39 is 30.8 Å². The molecule has 3 aromatic rings. The highest BCUT2D eigenvalue weighted by Gasteiger charge is 2.42. The SMILES string of the molecule is CCOC(=O)Cc1ccc(N2C(=O)c3c(OCC(F)F)cc4cccc(OCC)c4c3C2=O)c(Cl)c1. The van der Waals surface area contributed by atoms with Crippen LogP contribution in [0.1, 0.15) is 40.1 Å². The molecule has 0 saturated carbocycles. The van der Waals surface area contributed by atoms with Crippen molar-refractivity contribution in [2.45, 2.75) is 26.7 Å². The number of fused-ring (bicyclic) bond motifs is 3. The van der Waals surface area contributed by atoms with Crippen LogP contribution < -0.4 is 14.4 Å². The van der Waals surface area contributed by atoms with Gasteiger partial charge in [0.15, 0.2) is 0 Å². The zero-order valence-electron chi connectivity index (χ0n) is 19.5. The van der Waals surface area contributed by atoms with E-state index in [0.29, 0.717) is 28.7 Å². The number of nitrogens with zero attached hydrogens (tertiary/aromatic N) is 1. The first-order chi connectivity index (χ1) is 17.3. The number of imide groups is 1. The summed E-state index contributed by atoms with van der Waals surface area (Å²) in [7, 11) is 0. The average Bonchev–Trinajstić information content (AvgIpc) is 3.08. The number of ether oxygens (including phenoxy) is 3. The third kappa shape index (κ3) is 4.70. The molecule has 0 N–H and O–H groups in total. The predicted molar refractivity (Wildman–Crippen MR) is 130 cm³/mol. The maximum atomic E-state index is 13.7. The lowest BCUT2D eigenvalue weighted by atomic mass is 9.98. The van der Waals surface area contributed by atoms with E-state index in [1.54, 1.807) is 38.1 Å². The molecule has 1 heterocycles. The molecule has 0 saturated heterocycles. The molecule has 4 rings (SSSR count). The number of halogens is 3. The molecule has 1 aliphatic heterocycles. The molecule has 0 spiro atoms. The Labute approximate surface area is 210 Å². The van der Waals surface area contributed by atoms with Crippen LogP contribution in [0.2, 0.25) is 5.02 Å². The van der Waals surface area contributed by atoms with Crippen LogP contribution in [0.15, 0.2) is 42.5 Å². The minimum absolute atomic E-state index is 0.0162. The Morgan fingerprint density at radius 1 is 0.972 bits per heavy atom. The number of hydrogen-bond donors (Lipinski definition) is 0. The van der Waals surface area contributed by atoms with Crippen LogP contribution in [0.3, 0.4) is 0 Å². The fraction of sp³-hybridized carbons (Fsp3) is 0.269. The van der Waals surface area contributed by atoms with Gasteiger partial charge in [0.2, 0.25) is 0 Å². The minimum Gasteiger partial charge on any atom is -0.493 e. The summed E-state index contributed by atoms with van der Waals surface area (Å²) in [6.07, 6.45) is -2.82. The number of carbonyl (C=O) groups excluding carboxylic acids is 3. The van der Waals surface area contributed by atoms with Crippen molar-refractivity contribution < 1.29 is 37.4 Å². The van der Waals surface area contributed by atoms with Gasteiger partial charge < -0.3 is 14.2 Å². The number of benzene rings is 3. The van der Waals surface area contributed by atoms with E-state index >= 15 is 0 Å². The Morgan fingerprint density at radius 2 is 1.72 bits per heavy atom. The quantitative estimate of drug-likeness (QED) is 0.277. The molecule has 1 aliphatic rings. The molecular weight excluding hydrogens is 496 g/mol. The van der Waals surface area contributed by atoms with E-state index in [-0.39, 0.29) is 40.6 Å². The van der Waals surface area contributed by atoms with Crippen molar-refractivity contribution in [1.29, 1.82) is 0 Å². The molecule has 10 heteroatoms. The molecule has 7 nitrogen and oxygen atoms in total. The van der Waals surface area contributed by atoms with Gasteiger partial charge in [-0.3, -0.25) is 14.4 Å². The van der Waals surface area contributed by atoms with Crippen LogP contribution in [-0.2, 0) is 16.0 Å². The van der Waals surface area contributed by atoms with Crippen LogP contribution in [0.25, 0.3) is 10.8 Å². The Hall–Kier alpha value is -3.72. The zero-order chi connectivity index (χ0) is 26.0. The maximum Gasteiger partial charge on any atom is 0.310 e. The highest BCUT2D eigenvalue weighted by molar-refractivity contribution is 6.42. The lowest BCUT2D eigenvalue weighted by Gasteiger charge is -2.16. The zero-order valence-corrected chi connectivity index (χ0v) is 20.2. The first kappa shape index (κ1) is 25.4. The molecule has 0 radical (unpaired) electrons. The van der Waals surface area contributed by atoms with Crippen molar-refractivity contribution in [1.82, 2.24) is 0 Å². The second kappa shape index (κ2) is 10.5. The molecule has 0 unspecified atom stereocenters. The highest BCUT2D eigenvalue weighted by atomic mass is 35.5. The van der Waals surface area contributed by atoms with Crippen LogP contribution in [0.4, 0.5) is 14.5 Å². The van der Waals surface area contributed by atoms with Crippen LogP contribution in [-0.4, -0.2) is 44.0 Å². The number of anilines is 1. The molecule has 0 bridgehead atoms. The number of carbonyl (C=O) groups is 3. The van der Waals surface area contributed by atoms with Gasteiger partial charge in [-0.1, -0.05) is 29.8 Å². The van der Waals surface area contributed by atoms with Gasteiger partial charge in [0.1, 0.15) is 18.1 Å². The number of esters is 1. The summed E-state index contributed by atoms with van der Waals surface area (Å²) in [6, 6.07) is 10.9. The highest BCUT2D eigenvalue weighted by Crippen LogP contribution is 2.43. The molecule has 0 aliphatic carbocycles. The molecule has 2 amide bonds. The van der Waals surface area contributed by atoms with Crippen LogP contribution in [0.5, 0.6) is 11.5 Å². The van der Waals surface area contributed by atoms with Crippen molar-refractivity contribution in [3.05, 3.63) is 64.2 Å². The summed E-state index contributed by atoms with van der Waals surface area (Å²) in [4.78, 5) is 39.9. The lowest BCUT2D eigenvalue weighted by molar-refractivity contribution is -0.142. The molecular formula is C26H22ClF2NO6. The first-order valence-corrected chi connectivity index (χ1v) is 11.6. The first-order valence-electron chi connectivity index (χ1n) is 11.2. The van der Waals surface area contributed by atoms with Gasteiger partial charge in [-0.25, -0.2) is 13.7 Å². The summed E-state index contributed by atoms with van der Waals surface area (Å²) < 4.78 is 41.8. The fourth-order valence-corrected chi connectivity index (χ4v) is 4.41. The lowest BCUT2D eigenvalue weighted by Crippen LogP contribution is -2.29. The Morgan fingerprint density at radius 3 is 2.39 bits per heavy atom. The monoisotopic (exact) mass is 517 g/mol. The second-order valence-corrected chi connectivity index (χ2v) is 8.23. The van der Waals surface area contributed by atoms with Gasteiger partial charge in [0.25, 0.3) is 18.2 Å². The van der Waals surface area contributed by atoms with Crippen LogP contribution in [0, 0.1) is 0 Å². The van der Waals surface area contributed by atoms with E-state index in [4.69, 9.17) is 25.8 Å². The van der Waals surface area contributed by atoms with Crippen LogP contribution >= 0.6 is 11.6 Å². The van der Waals surface area contributed by atoms with Crippen molar-refractivity contribution >= 4 is 45.8 Å². The number of rotatable bonds is 9. The third-order valence-electron chi connectivity index (χ3n) is 5.50. The average molecular weight is 518 g/mol. The van der Waals surface area contributed by atoms with Gasteiger partial charge >= 0.3 is 5.97 Å². The smallest absolute Gasteiger partial charge is 0.310 e. The van der Waals surface area contributed by atoms with E-state index in [2.05, 4.69) is 0 Å². The number of hydrogen-bond acceptors (Lipinski definition) is 6. The largest absolute Gasteiger partial charge is 0.493 e. The van der Waals surface area contributed by atoms with Crippen molar-refractivity contribution in [2.75, 3.05) is 24.7 Å². The molecule has 0 aromatic heterocycles. The topological polar surface area (TPSA) is 82.1 Å². The molecule has 3 aromatic carbocycles. The molecule has 0 atom stereocenters. The van der Waals surface area contributed by atoms with E-state index in [1.807, 2.05) is 0 Å². The van der Waals surface area contributed by atoms with Crippen molar-refractivity contribution in [3.63, 3.8) is 0 Å². The summed E-state index contributed by atoms with van der Waals surface area (Å²) in [5.74, 6) is -1.69. The van der Waals surface area contributed by atoms with Gasteiger partial charge in [-0.05, 0) is 49.1 Å².